The summed E-state index contributed by atoms with van der Waals surface area (Å²) in [6.07, 6.45) is 6.89. The minimum atomic E-state index is -0.336. The smallest absolute Gasteiger partial charge is 0.399 e. The van der Waals surface area contributed by atoms with Gasteiger partial charge < -0.3 is 14.2 Å². The Labute approximate surface area is 189 Å². The first-order valence-corrected chi connectivity index (χ1v) is 11.5. The van der Waals surface area contributed by atoms with Gasteiger partial charge in [0.2, 0.25) is 0 Å². The number of anilines is 2. The Balaban J connectivity index is 1.36. The van der Waals surface area contributed by atoms with Crippen molar-refractivity contribution >= 4 is 40.3 Å². The maximum absolute atomic E-state index is 6.31. The van der Waals surface area contributed by atoms with Crippen LogP contribution in [0.4, 0.5) is 11.4 Å². The van der Waals surface area contributed by atoms with Gasteiger partial charge in [-0.15, -0.1) is 0 Å². The number of rotatable bonds is 1. The maximum atomic E-state index is 6.31. The summed E-state index contributed by atoms with van der Waals surface area (Å²) in [5, 5.41) is 2.50. The summed E-state index contributed by atoms with van der Waals surface area (Å²) >= 11 is 0. The predicted molar refractivity (Wildman–Crippen MR) is 132 cm³/mol. The fourth-order valence-corrected chi connectivity index (χ4v) is 5.78. The Morgan fingerprint density at radius 1 is 0.844 bits per heavy atom. The van der Waals surface area contributed by atoms with Gasteiger partial charge in [-0.05, 0) is 73.3 Å². The highest BCUT2D eigenvalue weighted by molar-refractivity contribution is 6.62. The van der Waals surface area contributed by atoms with Crippen molar-refractivity contribution in [2.75, 3.05) is 4.90 Å². The van der Waals surface area contributed by atoms with Crippen LogP contribution in [-0.2, 0) is 9.31 Å². The average Bonchev–Trinajstić information content (AvgIpc) is 3.35. The van der Waals surface area contributed by atoms with Crippen LogP contribution in [0.1, 0.15) is 44.7 Å². The van der Waals surface area contributed by atoms with E-state index in [-0.39, 0.29) is 18.3 Å². The lowest BCUT2D eigenvalue weighted by atomic mass is 9.78. The van der Waals surface area contributed by atoms with Crippen LogP contribution in [0.15, 0.2) is 72.8 Å². The van der Waals surface area contributed by atoms with Gasteiger partial charge >= 0.3 is 7.12 Å². The van der Waals surface area contributed by atoms with Crippen molar-refractivity contribution in [3.63, 3.8) is 0 Å². The first-order chi connectivity index (χ1) is 15.3. The van der Waals surface area contributed by atoms with Crippen molar-refractivity contribution in [1.29, 1.82) is 0 Å². The van der Waals surface area contributed by atoms with Crippen LogP contribution < -0.4 is 10.4 Å². The summed E-state index contributed by atoms with van der Waals surface area (Å²) in [5.41, 5.74) is 7.28. The Bertz CT molecular complexity index is 1350. The molecule has 0 radical (unpaired) electrons. The molecule has 3 aromatic rings. The highest BCUT2D eigenvalue weighted by Gasteiger charge is 2.52. The molecule has 32 heavy (non-hydrogen) atoms. The summed E-state index contributed by atoms with van der Waals surface area (Å²) in [5.74, 6) is 0.377. The quantitative estimate of drug-likeness (QED) is 0.472. The summed E-state index contributed by atoms with van der Waals surface area (Å²) in [7, 11) is -0.336. The largest absolute Gasteiger partial charge is 0.494 e. The van der Waals surface area contributed by atoms with E-state index in [1.54, 1.807) is 0 Å². The average molecular weight is 419 g/mol. The van der Waals surface area contributed by atoms with E-state index in [1.807, 2.05) is 0 Å². The zero-order valence-electron chi connectivity index (χ0n) is 18.9. The molecule has 158 valence electrons. The third-order valence-electron chi connectivity index (χ3n) is 8.16. The van der Waals surface area contributed by atoms with E-state index in [1.165, 1.54) is 38.8 Å². The summed E-state index contributed by atoms with van der Waals surface area (Å²) in [6, 6.07) is 20.5. The summed E-state index contributed by atoms with van der Waals surface area (Å²) in [4.78, 5) is 2.55. The molecule has 0 aromatic heterocycles. The highest BCUT2D eigenvalue weighted by Crippen LogP contribution is 2.58. The van der Waals surface area contributed by atoms with E-state index >= 15 is 0 Å². The minimum Gasteiger partial charge on any atom is -0.399 e. The van der Waals surface area contributed by atoms with Crippen LogP contribution in [0, 0.1) is 0 Å². The van der Waals surface area contributed by atoms with Crippen molar-refractivity contribution in [2.45, 2.75) is 50.9 Å². The number of benzene rings is 3. The van der Waals surface area contributed by atoms with Gasteiger partial charge in [0.25, 0.3) is 0 Å². The van der Waals surface area contributed by atoms with Crippen molar-refractivity contribution in [2.24, 2.45) is 0 Å². The third kappa shape index (κ3) is 2.29. The zero-order valence-corrected chi connectivity index (χ0v) is 18.9. The molecule has 3 nitrogen and oxygen atoms in total. The van der Waals surface area contributed by atoms with E-state index in [0.29, 0.717) is 12.0 Å². The van der Waals surface area contributed by atoms with E-state index in [0.717, 1.165) is 5.46 Å². The fourth-order valence-electron chi connectivity index (χ4n) is 5.78. The van der Waals surface area contributed by atoms with Crippen molar-refractivity contribution in [1.82, 2.24) is 0 Å². The molecule has 4 heteroatoms. The van der Waals surface area contributed by atoms with Crippen molar-refractivity contribution in [3.8, 4) is 0 Å². The molecule has 0 N–H and O–H groups in total. The van der Waals surface area contributed by atoms with E-state index in [4.69, 9.17) is 9.31 Å². The Hall–Kier alpha value is -2.82. The van der Waals surface area contributed by atoms with Gasteiger partial charge in [0.1, 0.15) is 0 Å². The van der Waals surface area contributed by atoms with Gasteiger partial charge in [-0.25, -0.2) is 0 Å². The van der Waals surface area contributed by atoms with Crippen molar-refractivity contribution < 1.29 is 9.31 Å². The molecule has 3 aliphatic heterocycles. The van der Waals surface area contributed by atoms with Crippen LogP contribution in [0.5, 0.6) is 0 Å². The number of hydrogen-bond donors (Lipinski definition) is 0. The first kappa shape index (κ1) is 18.7. The van der Waals surface area contributed by atoms with E-state index in [9.17, 15) is 0 Å². The van der Waals surface area contributed by atoms with Crippen LogP contribution >= 0.6 is 0 Å². The lowest BCUT2D eigenvalue weighted by Crippen LogP contribution is -2.41. The first-order valence-electron chi connectivity index (χ1n) is 11.5. The molecule has 0 amide bonds. The molecular formula is C28H26BNO2. The van der Waals surface area contributed by atoms with Gasteiger partial charge in [-0.1, -0.05) is 54.6 Å². The second-order valence-corrected chi connectivity index (χ2v) is 10.5. The maximum Gasteiger partial charge on any atom is 0.494 e. The van der Waals surface area contributed by atoms with Gasteiger partial charge in [0.15, 0.2) is 0 Å². The molecule has 0 saturated carbocycles. The Morgan fingerprint density at radius 2 is 1.62 bits per heavy atom. The van der Waals surface area contributed by atoms with E-state index in [2.05, 4.69) is 105 Å². The highest BCUT2D eigenvalue weighted by atomic mass is 16.7. The molecule has 0 spiro atoms. The summed E-state index contributed by atoms with van der Waals surface area (Å²) in [6.45, 7) is 8.41. The van der Waals surface area contributed by atoms with Crippen LogP contribution in [-0.4, -0.2) is 24.4 Å². The van der Waals surface area contributed by atoms with Crippen molar-refractivity contribution in [3.05, 3.63) is 84.0 Å². The number of fused-ring (bicyclic) bond motifs is 7. The normalized spacial score (nSPS) is 25.7. The molecular weight excluding hydrogens is 393 g/mol. The lowest BCUT2D eigenvalue weighted by Gasteiger charge is -2.32. The lowest BCUT2D eigenvalue weighted by molar-refractivity contribution is 0.00578. The van der Waals surface area contributed by atoms with Crippen LogP contribution in [0.3, 0.4) is 0 Å². The molecule has 2 atom stereocenters. The molecule has 1 aliphatic carbocycles. The second kappa shape index (κ2) is 5.95. The monoisotopic (exact) mass is 419 g/mol. The number of allylic oxidation sites excluding steroid dienone is 2. The SMILES string of the molecule is CC1(C)OB(c2ccc3cc4c(cc3c2)C2C=CC=C3c5ccccc5N4C32)OC1(C)C. The van der Waals surface area contributed by atoms with Gasteiger partial charge in [-0.2, -0.15) is 0 Å². The van der Waals surface area contributed by atoms with Crippen LogP contribution in [0.2, 0.25) is 0 Å². The molecule has 2 unspecified atom stereocenters. The van der Waals surface area contributed by atoms with Gasteiger partial charge in [0.05, 0.1) is 17.2 Å². The predicted octanol–water partition coefficient (Wildman–Crippen LogP) is 5.71. The number of hydrogen-bond acceptors (Lipinski definition) is 3. The third-order valence-corrected chi connectivity index (χ3v) is 8.16. The van der Waals surface area contributed by atoms with Crippen LogP contribution in [0.25, 0.3) is 16.3 Å². The van der Waals surface area contributed by atoms with E-state index < -0.39 is 0 Å². The van der Waals surface area contributed by atoms with Gasteiger partial charge in [0, 0.05) is 22.9 Å². The Kier molecular flexibility index (Phi) is 3.48. The number of nitrogens with zero attached hydrogens (tertiary/aromatic N) is 1. The molecule has 1 saturated heterocycles. The van der Waals surface area contributed by atoms with Gasteiger partial charge in [-0.3, -0.25) is 0 Å². The minimum absolute atomic E-state index is 0.335. The molecule has 7 rings (SSSR count). The molecule has 4 aliphatic rings. The summed E-state index contributed by atoms with van der Waals surface area (Å²) < 4.78 is 12.6. The molecule has 0 bridgehead atoms. The molecule has 3 aromatic carbocycles. The standard InChI is InChI=1S/C28H26BNO2/c1-27(2)28(3,4)32-29(31-27)19-13-12-17-16-25-23(15-18(17)14-19)22-10-7-9-21-20-8-5-6-11-24(20)30(25)26(21)22/h5-16,22,26H,1-4H3. The topological polar surface area (TPSA) is 21.7 Å². The Morgan fingerprint density at radius 3 is 2.44 bits per heavy atom. The fraction of sp³-hybridized carbons (Fsp3) is 0.286. The zero-order chi connectivity index (χ0) is 21.8. The number of para-hydroxylation sites is 1. The molecule has 3 heterocycles. The molecule has 1 fully saturated rings. The second-order valence-electron chi connectivity index (χ2n) is 10.5.